The smallest absolute Gasteiger partial charge is 0.249 e. The fourth-order valence-corrected chi connectivity index (χ4v) is 1.97. The molecule has 0 bridgehead atoms. The van der Waals surface area contributed by atoms with Gasteiger partial charge in [0.1, 0.15) is 5.82 Å². The Labute approximate surface area is 125 Å². The molecule has 0 aromatic heterocycles. The summed E-state index contributed by atoms with van der Waals surface area (Å²) in [6.45, 7) is 1.65. The van der Waals surface area contributed by atoms with Crippen LogP contribution in [0.3, 0.4) is 0 Å². The standard InChI is InChI=1S/C13H12ClFN4O2/c1-7-8(13(21)19-17-7)5-12(20)18-16-6-9-10(14)3-2-4-11(9)15/h2-4,6,8H,5H2,1H3,(H,18,20)(H,19,21)/b16-6-/t8-/m0/s1. The number of hydrogen-bond acceptors (Lipinski definition) is 4. The Morgan fingerprint density at radius 3 is 3.00 bits per heavy atom. The van der Waals surface area contributed by atoms with E-state index in [0.717, 1.165) is 6.21 Å². The van der Waals surface area contributed by atoms with Crippen LogP contribution >= 0.6 is 11.6 Å². The number of carbonyl (C=O) groups is 2. The van der Waals surface area contributed by atoms with E-state index in [0.29, 0.717) is 5.71 Å². The van der Waals surface area contributed by atoms with Crippen LogP contribution in [-0.2, 0) is 9.59 Å². The van der Waals surface area contributed by atoms with Crippen molar-refractivity contribution >= 4 is 35.3 Å². The summed E-state index contributed by atoms with van der Waals surface area (Å²) < 4.78 is 13.4. The van der Waals surface area contributed by atoms with E-state index in [1.54, 1.807) is 6.92 Å². The zero-order valence-corrected chi connectivity index (χ0v) is 11.8. The third-order valence-electron chi connectivity index (χ3n) is 2.94. The van der Waals surface area contributed by atoms with Gasteiger partial charge in [-0.3, -0.25) is 9.59 Å². The first-order valence-corrected chi connectivity index (χ1v) is 6.47. The third-order valence-corrected chi connectivity index (χ3v) is 3.26. The molecule has 1 heterocycles. The van der Waals surface area contributed by atoms with E-state index >= 15 is 0 Å². The van der Waals surface area contributed by atoms with Crippen LogP contribution in [0.1, 0.15) is 18.9 Å². The predicted molar refractivity (Wildman–Crippen MR) is 76.5 cm³/mol. The first-order chi connectivity index (χ1) is 9.99. The summed E-state index contributed by atoms with van der Waals surface area (Å²) in [6.07, 6.45) is 1.04. The number of carbonyl (C=O) groups excluding carboxylic acids is 2. The summed E-state index contributed by atoms with van der Waals surface area (Å²) in [7, 11) is 0. The Morgan fingerprint density at radius 2 is 2.38 bits per heavy atom. The Bertz CT molecular complexity index is 625. The maximum Gasteiger partial charge on any atom is 0.249 e. The molecular formula is C13H12ClFN4O2. The number of rotatable bonds is 4. The lowest BCUT2D eigenvalue weighted by Gasteiger charge is -2.05. The molecule has 110 valence electrons. The van der Waals surface area contributed by atoms with E-state index in [1.165, 1.54) is 18.2 Å². The molecule has 1 aromatic carbocycles. The van der Waals surface area contributed by atoms with E-state index in [1.807, 2.05) is 0 Å². The van der Waals surface area contributed by atoms with Gasteiger partial charge in [-0.15, -0.1) is 0 Å². The van der Waals surface area contributed by atoms with Gasteiger partial charge in [0, 0.05) is 17.7 Å². The SMILES string of the molecule is CC1=NNC(=O)[C@H]1CC(=O)N/N=C\c1c(F)cccc1Cl. The quantitative estimate of drug-likeness (QED) is 0.651. The molecule has 0 saturated carbocycles. The normalized spacial score (nSPS) is 17.8. The van der Waals surface area contributed by atoms with Crippen molar-refractivity contribution in [1.29, 1.82) is 0 Å². The summed E-state index contributed by atoms with van der Waals surface area (Å²) in [6, 6.07) is 4.21. The van der Waals surface area contributed by atoms with E-state index in [4.69, 9.17) is 11.6 Å². The third kappa shape index (κ3) is 3.63. The van der Waals surface area contributed by atoms with Crippen LogP contribution < -0.4 is 10.9 Å². The predicted octanol–water partition coefficient (Wildman–Crippen LogP) is 1.44. The van der Waals surface area contributed by atoms with Crippen molar-refractivity contribution in [3.63, 3.8) is 0 Å². The summed E-state index contributed by atoms with van der Waals surface area (Å²) in [5, 5.41) is 7.56. The Kier molecular flexibility index (Phi) is 4.64. The van der Waals surface area contributed by atoms with Crippen LogP contribution in [0.25, 0.3) is 0 Å². The van der Waals surface area contributed by atoms with Gasteiger partial charge in [0.15, 0.2) is 0 Å². The molecule has 0 radical (unpaired) electrons. The monoisotopic (exact) mass is 310 g/mol. The zero-order valence-electron chi connectivity index (χ0n) is 11.1. The lowest BCUT2D eigenvalue weighted by atomic mass is 10.0. The lowest BCUT2D eigenvalue weighted by Crippen LogP contribution is -2.29. The van der Waals surface area contributed by atoms with Gasteiger partial charge in [0.25, 0.3) is 0 Å². The summed E-state index contributed by atoms with van der Waals surface area (Å²) in [4.78, 5) is 23.1. The number of nitrogens with zero attached hydrogens (tertiary/aromatic N) is 2. The molecule has 21 heavy (non-hydrogen) atoms. The van der Waals surface area contributed by atoms with Crippen LogP contribution in [0.2, 0.25) is 5.02 Å². The number of benzene rings is 1. The highest BCUT2D eigenvalue weighted by Crippen LogP contribution is 2.16. The van der Waals surface area contributed by atoms with Crippen molar-refractivity contribution < 1.29 is 14.0 Å². The zero-order chi connectivity index (χ0) is 15.4. The first-order valence-electron chi connectivity index (χ1n) is 6.09. The molecule has 1 aliphatic rings. The topological polar surface area (TPSA) is 82.9 Å². The van der Waals surface area contributed by atoms with Crippen LogP contribution in [-0.4, -0.2) is 23.7 Å². The summed E-state index contributed by atoms with van der Waals surface area (Å²) in [5.74, 6) is -1.95. The van der Waals surface area contributed by atoms with Gasteiger partial charge in [0.05, 0.1) is 17.2 Å². The molecule has 2 rings (SSSR count). The van der Waals surface area contributed by atoms with Crippen LogP contribution in [0.4, 0.5) is 4.39 Å². The van der Waals surface area contributed by atoms with Gasteiger partial charge in [-0.1, -0.05) is 17.7 Å². The second-order valence-electron chi connectivity index (χ2n) is 4.41. The van der Waals surface area contributed by atoms with Crippen molar-refractivity contribution in [3.8, 4) is 0 Å². The number of amides is 2. The minimum absolute atomic E-state index is 0.0795. The number of halogens is 2. The molecule has 1 aliphatic heterocycles. The highest BCUT2D eigenvalue weighted by atomic mass is 35.5. The highest BCUT2D eigenvalue weighted by molar-refractivity contribution is 6.33. The average Bonchev–Trinajstić information content (AvgIpc) is 2.74. The molecule has 0 fully saturated rings. The van der Waals surface area contributed by atoms with Gasteiger partial charge in [0.2, 0.25) is 11.8 Å². The highest BCUT2D eigenvalue weighted by Gasteiger charge is 2.28. The Hall–Kier alpha value is -2.28. The van der Waals surface area contributed by atoms with Gasteiger partial charge < -0.3 is 0 Å². The molecule has 2 N–H and O–H groups in total. The van der Waals surface area contributed by atoms with E-state index in [9.17, 15) is 14.0 Å². The fourth-order valence-electron chi connectivity index (χ4n) is 1.76. The van der Waals surface area contributed by atoms with E-state index in [2.05, 4.69) is 21.1 Å². The van der Waals surface area contributed by atoms with E-state index in [-0.39, 0.29) is 22.9 Å². The van der Waals surface area contributed by atoms with Crippen LogP contribution in [0, 0.1) is 11.7 Å². The molecule has 0 unspecified atom stereocenters. The molecule has 0 saturated heterocycles. The molecule has 8 heteroatoms. The summed E-state index contributed by atoms with van der Waals surface area (Å²) >= 11 is 5.81. The number of hydrogen-bond donors (Lipinski definition) is 2. The molecule has 0 spiro atoms. The second-order valence-corrected chi connectivity index (χ2v) is 4.82. The van der Waals surface area contributed by atoms with Gasteiger partial charge in [-0.05, 0) is 19.1 Å². The molecular weight excluding hydrogens is 299 g/mol. The van der Waals surface area contributed by atoms with Gasteiger partial charge in [-0.2, -0.15) is 10.2 Å². The van der Waals surface area contributed by atoms with Crippen molar-refractivity contribution in [1.82, 2.24) is 10.9 Å². The molecule has 0 aliphatic carbocycles. The second kappa shape index (κ2) is 6.45. The maximum atomic E-state index is 13.4. The maximum absolute atomic E-state index is 13.4. The van der Waals surface area contributed by atoms with Crippen LogP contribution in [0.15, 0.2) is 28.4 Å². The summed E-state index contributed by atoms with van der Waals surface area (Å²) in [5.41, 5.74) is 5.13. The van der Waals surface area contributed by atoms with Crippen molar-refractivity contribution in [2.75, 3.05) is 0 Å². The van der Waals surface area contributed by atoms with Crippen molar-refractivity contribution in [2.45, 2.75) is 13.3 Å². The Morgan fingerprint density at radius 1 is 1.62 bits per heavy atom. The number of hydrazone groups is 2. The first kappa shape index (κ1) is 15.1. The van der Waals surface area contributed by atoms with Gasteiger partial charge in [-0.25, -0.2) is 15.2 Å². The van der Waals surface area contributed by atoms with E-state index < -0.39 is 17.6 Å². The van der Waals surface area contributed by atoms with Gasteiger partial charge >= 0.3 is 0 Å². The fraction of sp³-hybridized carbons (Fsp3) is 0.231. The average molecular weight is 311 g/mol. The molecule has 2 amide bonds. The van der Waals surface area contributed by atoms with Crippen LogP contribution in [0.5, 0.6) is 0 Å². The molecule has 6 nitrogen and oxygen atoms in total. The minimum Gasteiger partial charge on any atom is -0.273 e. The molecule has 1 aromatic rings. The lowest BCUT2D eigenvalue weighted by molar-refractivity contribution is -0.127. The Balaban J connectivity index is 1.94. The number of nitrogens with one attached hydrogen (secondary N) is 2. The minimum atomic E-state index is -0.600. The van der Waals surface area contributed by atoms with Crippen molar-refractivity contribution in [2.24, 2.45) is 16.1 Å². The molecule has 1 atom stereocenters. The van der Waals surface area contributed by atoms with Crippen molar-refractivity contribution in [3.05, 3.63) is 34.6 Å². The largest absolute Gasteiger partial charge is 0.273 e.